The summed E-state index contributed by atoms with van der Waals surface area (Å²) in [5, 5.41) is 2.68. The second-order valence-corrected chi connectivity index (χ2v) is 3.68. The number of carbonyl (C=O) groups excluding carboxylic acids is 2. The maximum atomic E-state index is 11.4. The lowest BCUT2D eigenvalue weighted by atomic mass is 10.1. The Morgan fingerprint density at radius 3 is 2.93 bits per heavy atom. The van der Waals surface area contributed by atoms with E-state index in [2.05, 4.69) is 5.32 Å². The molecule has 0 aromatic carbocycles. The number of esters is 1. The molecule has 2 heterocycles. The van der Waals surface area contributed by atoms with Crippen LogP contribution in [0.15, 0.2) is 0 Å². The van der Waals surface area contributed by atoms with Crippen LogP contribution < -0.4 is 5.32 Å². The zero-order chi connectivity index (χ0) is 10.1. The Labute approximate surface area is 82.4 Å². The van der Waals surface area contributed by atoms with Crippen molar-refractivity contribution in [3.8, 4) is 0 Å². The molecule has 0 aliphatic carbocycles. The van der Waals surface area contributed by atoms with Crippen LogP contribution in [0.2, 0.25) is 0 Å². The molecule has 1 amide bonds. The van der Waals surface area contributed by atoms with Crippen LogP contribution in [0, 0.1) is 0 Å². The lowest BCUT2D eigenvalue weighted by molar-refractivity contribution is -0.149. The molecule has 78 valence electrons. The van der Waals surface area contributed by atoms with Crippen LogP contribution >= 0.6 is 0 Å². The summed E-state index contributed by atoms with van der Waals surface area (Å²) >= 11 is 0. The van der Waals surface area contributed by atoms with Gasteiger partial charge in [-0.1, -0.05) is 0 Å². The Morgan fingerprint density at radius 2 is 2.43 bits per heavy atom. The summed E-state index contributed by atoms with van der Waals surface area (Å²) in [4.78, 5) is 24.5. The largest absolute Gasteiger partial charge is 0.468 e. The van der Waals surface area contributed by atoms with Gasteiger partial charge in [0.15, 0.2) is 0 Å². The summed E-state index contributed by atoms with van der Waals surface area (Å²) in [6.45, 7) is 1.48. The topological polar surface area (TPSA) is 58.6 Å². The number of β-lactam (4-membered cyclic amide) rings is 1. The summed E-state index contributed by atoms with van der Waals surface area (Å²) in [6, 6.07) is -0.322. The molecule has 5 heteroatoms. The monoisotopic (exact) mass is 198 g/mol. The van der Waals surface area contributed by atoms with Gasteiger partial charge >= 0.3 is 5.97 Å². The predicted molar refractivity (Wildman–Crippen MR) is 48.5 cm³/mol. The van der Waals surface area contributed by atoms with E-state index < -0.39 is 0 Å². The van der Waals surface area contributed by atoms with E-state index in [0.29, 0.717) is 6.54 Å². The van der Waals surface area contributed by atoms with Crippen molar-refractivity contribution in [1.82, 2.24) is 10.2 Å². The highest BCUT2D eigenvalue weighted by Crippen LogP contribution is 2.23. The molecule has 2 rings (SSSR count). The van der Waals surface area contributed by atoms with E-state index in [0.717, 1.165) is 19.4 Å². The number of carbonyl (C=O) groups is 2. The zero-order valence-electron chi connectivity index (χ0n) is 8.16. The number of ether oxygens (including phenoxy) is 1. The first-order valence-electron chi connectivity index (χ1n) is 4.85. The van der Waals surface area contributed by atoms with E-state index in [1.807, 2.05) is 4.90 Å². The third-order valence-electron chi connectivity index (χ3n) is 2.94. The number of nitrogens with zero attached hydrogens (tertiary/aromatic N) is 1. The van der Waals surface area contributed by atoms with E-state index >= 15 is 0 Å². The van der Waals surface area contributed by atoms with Crippen molar-refractivity contribution in [2.45, 2.75) is 24.9 Å². The molecule has 2 fully saturated rings. The minimum absolute atomic E-state index is 0.0285. The van der Waals surface area contributed by atoms with Gasteiger partial charge in [0.05, 0.1) is 7.11 Å². The van der Waals surface area contributed by atoms with E-state index in [-0.39, 0.29) is 24.0 Å². The Bertz CT molecular complexity index is 267. The molecule has 1 N–H and O–H groups in total. The normalized spacial score (nSPS) is 32.2. The molecule has 2 atom stereocenters. The summed E-state index contributed by atoms with van der Waals surface area (Å²) in [5.41, 5.74) is 0. The molecule has 0 aromatic heterocycles. The van der Waals surface area contributed by atoms with E-state index in [9.17, 15) is 9.59 Å². The van der Waals surface area contributed by atoms with Crippen LogP contribution in [0.5, 0.6) is 0 Å². The third kappa shape index (κ3) is 1.37. The highest BCUT2D eigenvalue weighted by molar-refractivity contribution is 5.88. The number of rotatable bonds is 2. The quantitative estimate of drug-likeness (QED) is 0.462. The van der Waals surface area contributed by atoms with Gasteiger partial charge in [-0.15, -0.1) is 0 Å². The van der Waals surface area contributed by atoms with Gasteiger partial charge in [0.2, 0.25) is 5.91 Å². The minimum atomic E-state index is -0.220. The molecule has 0 bridgehead atoms. The molecule has 2 saturated heterocycles. The first-order chi connectivity index (χ1) is 6.74. The van der Waals surface area contributed by atoms with Gasteiger partial charge < -0.3 is 10.1 Å². The van der Waals surface area contributed by atoms with E-state index in [1.54, 1.807) is 0 Å². The van der Waals surface area contributed by atoms with Crippen molar-refractivity contribution in [2.24, 2.45) is 0 Å². The second kappa shape index (κ2) is 3.57. The molecule has 5 nitrogen and oxygen atoms in total. The Balaban J connectivity index is 2.03. The number of likely N-dealkylation sites (tertiary alicyclic amines) is 1. The van der Waals surface area contributed by atoms with Crippen molar-refractivity contribution >= 4 is 11.9 Å². The summed E-state index contributed by atoms with van der Waals surface area (Å²) in [5.74, 6) is -0.192. The summed E-state index contributed by atoms with van der Waals surface area (Å²) < 4.78 is 4.71. The van der Waals surface area contributed by atoms with Crippen LogP contribution in [0.1, 0.15) is 12.8 Å². The molecule has 2 aliphatic heterocycles. The van der Waals surface area contributed by atoms with Crippen LogP contribution in [0.4, 0.5) is 0 Å². The Kier molecular flexibility index (Phi) is 2.41. The molecule has 0 radical (unpaired) electrons. The van der Waals surface area contributed by atoms with Crippen LogP contribution in [-0.2, 0) is 14.3 Å². The molecule has 14 heavy (non-hydrogen) atoms. The fourth-order valence-electron chi connectivity index (χ4n) is 2.10. The third-order valence-corrected chi connectivity index (χ3v) is 2.94. The van der Waals surface area contributed by atoms with Crippen LogP contribution in [0.3, 0.4) is 0 Å². The first kappa shape index (κ1) is 9.45. The fourth-order valence-corrected chi connectivity index (χ4v) is 2.10. The van der Waals surface area contributed by atoms with Gasteiger partial charge in [0, 0.05) is 6.54 Å². The number of nitrogens with one attached hydrogen (secondary N) is 1. The van der Waals surface area contributed by atoms with Crippen molar-refractivity contribution in [3.05, 3.63) is 0 Å². The van der Waals surface area contributed by atoms with Gasteiger partial charge in [0.1, 0.15) is 12.1 Å². The first-order valence-corrected chi connectivity index (χ1v) is 4.85. The minimum Gasteiger partial charge on any atom is -0.468 e. The SMILES string of the molecule is COC(=O)[C@@H]1CCCN1[C@H]1CNC1=O. The van der Waals surface area contributed by atoms with E-state index in [1.165, 1.54) is 7.11 Å². The molecule has 0 saturated carbocycles. The number of hydrogen-bond donors (Lipinski definition) is 1. The Morgan fingerprint density at radius 1 is 1.64 bits per heavy atom. The van der Waals surface area contributed by atoms with Gasteiger partial charge in [-0.25, -0.2) is 0 Å². The van der Waals surface area contributed by atoms with E-state index in [4.69, 9.17) is 4.74 Å². The number of methoxy groups -OCH3 is 1. The smallest absolute Gasteiger partial charge is 0.323 e. The average molecular weight is 198 g/mol. The maximum absolute atomic E-state index is 11.4. The summed E-state index contributed by atoms with van der Waals surface area (Å²) in [7, 11) is 1.39. The molecule has 2 aliphatic rings. The van der Waals surface area contributed by atoms with Crippen molar-refractivity contribution in [2.75, 3.05) is 20.2 Å². The zero-order valence-corrected chi connectivity index (χ0v) is 8.16. The summed E-state index contributed by atoms with van der Waals surface area (Å²) in [6.07, 6.45) is 1.76. The highest BCUT2D eigenvalue weighted by Gasteiger charge is 2.42. The standard InChI is InChI=1S/C9H14N2O3/c1-14-9(13)6-3-2-4-11(6)7-5-10-8(7)12/h6-7H,2-5H2,1H3,(H,10,12)/t6-,7-/m0/s1. The number of amides is 1. The van der Waals surface area contributed by atoms with Gasteiger partial charge in [-0.3, -0.25) is 14.5 Å². The van der Waals surface area contributed by atoms with Crippen molar-refractivity contribution in [3.63, 3.8) is 0 Å². The van der Waals surface area contributed by atoms with Gasteiger partial charge in [-0.2, -0.15) is 0 Å². The lowest BCUT2D eigenvalue weighted by Crippen LogP contribution is -2.63. The van der Waals surface area contributed by atoms with Crippen LogP contribution in [0.25, 0.3) is 0 Å². The molecular weight excluding hydrogens is 184 g/mol. The second-order valence-electron chi connectivity index (χ2n) is 3.68. The maximum Gasteiger partial charge on any atom is 0.323 e. The number of hydrogen-bond acceptors (Lipinski definition) is 4. The molecule has 0 spiro atoms. The molecule has 0 unspecified atom stereocenters. The molecular formula is C9H14N2O3. The van der Waals surface area contributed by atoms with Crippen LogP contribution in [-0.4, -0.2) is 49.1 Å². The average Bonchev–Trinajstić information content (AvgIpc) is 2.63. The van der Waals surface area contributed by atoms with Crippen molar-refractivity contribution in [1.29, 1.82) is 0 Å². The van der Waals surface area contributed by atoms with Gasteiger partial charge in [0.25, 0.3) is 0 Å². The fraction of sp³-hybridized carbons (Fsp3) is 0.778. The van der Waals surface area contributed by atoms with Gasteiger partial charge in [-0.05, 0) is 19.4 Å². The molecule has 0 aromatic rings. The highest BCUT2D eigenvalue weighted by atomic mass is 16.5. The lowest BCUT2D eigenvalue weighted by Gasteiger charge is -2.36. The Hall–Kier alpha value is -1.10. The predicted octanol–water partition coefficient (Wildman–Crippen LogP) is -0.878. The van der Waals surface area contributed by atoms with Crippen molar-refractivity contribution < 1.29 is 14.3 Å².